The largest absolute Gasteiger partial charge is 0.480 e. The molecule has 14 heavy (non-hydrogen) atoms. The van der Waals surface area contributed by atoms with Crippen LogP contribution >= 0.6 is 0 Å². The average molecular weight is 220 g/mol. The average Bonchev–Trinajstić information content (AvgIpc) is 2.12. The van der Waals surface area contributed by atoms with Crippen LogP contribution in [0.25, 0.3) is 0 Å². The molecule has 0 saturated carbocycles. The third-order valence-electron chi connectivity index (χ3n) is 1.50. The summed E-state index contributed by atoms with van der Waals surface area (Å²) in [5.41, 5.74) is 0. The summed E-state index contributed by atoms with van der Waals surface area (Å²) in [5, 5.41) is 22.2. The van der Waals surface area contributed by atoms with E-state index in [1.54, 1.807) is 0 Å². The molecule has 0 aliphatic rings. The van der Waals surface area contributed by atoms with E-state index >= 15 is 0 Å². The van der Waals surface area contributed by atoms with Crippen LogP contribution in [0.2, 0.25) is 6.04 Å². The first-order chi connectivity index (χ1) is 6.56. The molecule has 1 unspecified atom stereocenters. The Bertz CT molecular complexity index is 200. The number of hydrogen-bond acceptors (Lipinski definition) is 4. The number of aliphatic hydroxyl groups is 1. The fourth-order valence-electron chi connectivity index (χ4n) is 0.823. The summed E-state index contributed by atoms with van der Waals surface area (Å²) in [6.07, 6.45) is -0.0543. The summed E-state index contributed by atoms with van der Waals surface area (Å²) in [6, 6.07) is 0.949. The molecule has 0 heterocycles. The highest BCUT2D eigenvalue weighted by Crippen LogP contribution is 1.89. The third-order valence-corrected chi connectivity index (χ3v) is 2.07. The van der Waals surface area contributed by atoms with Gasteiger partial charge in [-0.3, -0.25) is 14.9 Å². The topological polar surface area (TPSA) is 98.7 Å². The first kappa shape index (κ1) is 13.1. The van der Waals surface area contributed by atoms with Gasteiger partial charge >= 0.3 is 5.97 Å². The molecule has 0 aromatic heterocycles. The molecule has 0 aliphatic heterocycles. The Labute approximate surface area is 85.1 Å². The first-order valence-electron chi connectivity index (χ1n) is 4.46. The Morgan fingerprint density at radius 3 is 2.50 bits per heavy atom. The zero-order chi connectivity index (χ0) is 11.0. The van der Waals surface area contributed by atoms with Gasteiger partial charge in [0.1, 0.15) is 12.8 Å². The predicted molar refractivity (Wildman–Crippen MR) is 54.0 cm³/mol. The van der Waals surface area contributed by atoms with Crippen LogP contribution in [0.15, 0.2) is 0 Å². The zero-order valence-electron chi connectivity index (χ0n) is 8.12. The molecule has 0 aliphatic carbocycles. The number of rotatable bonds is 7. The highest BCUT2D eigenvalue weighted by molar-refractivity contribution is 6.08. The molecular weight excluding hydrogens is 204 g/mol. The van der Waals surface area contributed by atoms with Gasteiger partial charge in [0.05, 0.1) is 6.54 Å². The minimum atomic E-state index is -1.08. The number of nitrogens with one attached hydrogen (secondary N) is 2. The van der Waals surface area contributed by atoms with E-state index in [1.165, 1.54) is 0 Å². The van der Waals surface area contributed by atoms with Crippen LogP contribution < -0.4 is 10.6 Å². The van der Waals surface area contributed by atoms with Crippen LogP contribution in [0.1, 0.15) is 6.42 Å². The number of carboxylic acid groups (broad SMARTS) is 1. The van der Waals surface area contributed by atoms with Crippen LogP contribution in [0.3, 0.4) is 0 Å². The molecule has 0 saturated heterocycles. The van der Waals surface area contributed by atoms with Crippen molar-refractivity contribution in [2.75, 3.05) is 13.1 Å². The van der Waals surface area contributed by atoms with E-state index < -0.39 is 24.6 Å². The minimum Gasteiger partial charge on any atom is -0.480 e. The van der Waals surface area contributed by atoms with E-state index in [-0.39, 0.29) is 6.54 Å². The molecule has 0 rings (SSSR count). The van der Waals surface area contributed by atoms with Gasteiger partial charge in [-0.25, -0.2) is 0 Å². The second-order valence-electron chi connectivity index (χ2n) is 2.86. The predicted octanol–water partition coefficient (Wildman–Crippen LogP) is -2.73. The normalized spacial score (nSPS) is 12.4. The van der Waals surface area contributed by atoms with Gasteiger partial charge in [-0.2, -0.15) is 0 Å². The van der Waals surface area contributed by atoms with E-state index in [0.29, 0.717) is 6.42 Å². The van der Waals surface area contributed by atoms with Crippen LogP contribution in [0.5, 0.6) is 0 Å². The van der Waals surface area contributed by atoms with Gasteiger partial charge < -0.3 is 15.5 Å². The Balaban J connectivity index is 3.48. The van der Waals surface area contributed by atoms with Crippen molar-refractivity contribution in [3.05, 3.63) is 0 Å². The van der Waals surface area contributed by atoms with Gasteiger partial charge in [-0.1, -0.05) is 6.04 Å². The van der Waals surface area contributed by atoms with Crippen molar-refractivity contribution in [2.24, 2.45) is 0 Å². The highest BCUT2D eigenvalue weighted by atomic mass is 28.1. The molecule has 7 heteroatoms. The number of aliphatic carboxylic acids is 1. The van der Waals surface area contributed by atoms with Gasteiger partial charge in [0.2, 0.25) is 5.91 Å². The number of amides is 1. The quantitative estimate of drug-likeness (QED) is 0.276. The van der Waals surface area contributed by atoms with Crippen molar-refractivity contribution in [3.8, 4) is 0 Å². The fraction of sp³-hybridized carbons (Fsp3) is 0.714. The zero-order valence-corrected chi connectivity index (χ0v) is 10.1. The molecule has 4 N–H and O–H groups in total. The molecular formula is C7H16N2O4Si. The molecule has 0 bridgehead atoms. The fourth-order valence-corrected chi connectivity index (χ4v) is 1.37. The molecule has 1 amide bonds. The monoisotopic (exact) mass is 220 g/mol. The van der Waals surface area contributed by atoms with Crippen LogP contribution in [0.4, 0.5) is 0 Å². The van der Waals surface area contributed by atoms with Crippen molar-refractivity contribution in [3.63, 3.8) is 0 Å². The lowest BCUT2D eigenvalue weighted by Gasteiger charge is -2.10. The number of carbonyl (C=O) groups excluding carboxylic acids is 1. The standard InChI is InChI=1S/C7H16N2O4Si/c10-5(1-2-14)8-3-6(11)9-4-7(12)13/h5,8,10H,1-4H2,14H3,(H,9,11)(H,12,13). The Morgan fingerprint density at radius 1 is 1.36 bits per heavy atom. The second-order valence-corrected chi connectivity index (χ2v) is 3.86. The molecule has 0 radical (unpaired) electrons. The second kappa shape index (κ2) is 7.48. The number of carboxylic acids is 1. The molecule has 82 valence electrons. The summed E-state index contributed by atoms with van der Waals surface area (Å²) in [5.74, 6) is -1.52. The van der Waals surface area contributed by atoms with E-state index in [0.717, 1.165) is 16.3 Å². The first-order valence-corrected chi connectivity index (χ1v) is 5.87. The molecule has 1 atom stereocenters. The highest BCUT2D eigenvalue weighted by Gasteiger charge is 2.06. The lowest BCUT2D eigenvalue weighted by molar-refractivity contribution is -0.137. The molecule has 0 aromatic carbocycles. The molecule has 0 fully saturated rings. The maximum Gasteiger partial charge on any atom is 0.322 e. The van der Waals surface area contributed by atoms with Gasteiger partial charge in [0.15, 0.2) is 0 Å². The smallest absolute Gasteiger partial charge is 0.322 e. The van der Waals surface area contributed by atoms with E-state index in [1.807, 2.05) is 0 Å². The molecule has 0 aromatic rings. The Morgan fingerprint density at radius 2 is 2.00 bits per heavy atom. The van der Waals surface area contributed by atoms with Crippen molar-refractivity contribution < 1.29 is 19.8 Å². The van der Waals surface area contributed by atoms with E-state index in [4.69, 9.17) is 5.11 Å². The maximum absolute atomic E-state index is 10.9. The lowest BCUT2D eigenvalue weighted by atomic mass is 10.4. The van der Waals surface area contributed by atoms with Gasteiger partial charge in [0, 0.05) is 10.2 Å². The van der Waals surface area contributed by atoms with Crippen LogP contribution in [-0.4, -0.2) is 51.6 Å². The number of carbonyl (C=O) groups is 2. The summed E-state index contributed by atoms with van der Waals surface area (Å²) in [6.45, 7) is -0.451. The Hall–Kier alpha value is -0.923. The number of aliphatic hydroxyl groups excluding tert-OH is 1. The maximum atomic E-state index is 10.9. The van der Waals surface area contributed by atoms with Gasteiger partial charge in [0.25, 0.3) is 0 Å². The van der Waals surface area contributed by atoms with E-state index in [9.17, 15) is 14.7 Å². The summed E-state index contributed by atoms with van der Waals surface area (Å²) in [4.78, 5) is 21.0. The lowest BCUT2D eigenvalue weighted by Crippen LogP contribution is -2.40. The van der Waals surface area contributed by atoms with Crippen molar-refractivity contribution in [2.45, 2.75) is 18.7 Å². The molecule has 0 spiro atoms. The Kier molecular flexibility index (Phi) is 6.98. The number of hydrogen-bond donors (Lipinski definition) is 4. The third kappa shape index (κ3) is 7.71. The van der Waals surface area contributed by atoms with E-state index in [2.05, 4.69) is 10.6 Å². The van der Waals surface area contributed by atoms with Crippen LogP contribution in [0, 0.1) is 0 Å². The van der Waals surface area contributed by atoms with Gasteiger partial charge in [-0.15, -0.1) is 0 Å². The summed E-state index contributed by atoms with van der Waals surface area (Å²) >= 11 is 0. The summed E-state index contributed by atoms with van der Waals surface area (Å²) in [7, 11) is 1.01. The van der Waals surface area contributed by atoms with Crippen molar-refractivity contribution >= 4 is 22.1 Å². The molecule has 6 nitrogen and oxygen atoms in total. The van der Waals surface area contributed by atoms with Gasteiger partial charge in [-0.05, 0) is 6.42 Å². The minimum absolute atomic E-state index is 0.0595. The van der Waals surface area contributed by atoms with Crippen molar-refractivity contribution in [1.29, 1.82) is 0 Å². The summed E-state index contributed by atoms with van der Waals surface area (Å²) < 4.78 is 0. The van der Waals surface area contributed by atoms with Crippen molar-refractivity contribution in [1.82, 2.24) is 10.6 Å². The SMILES string of the molecule is O=C(O)CNC(=O)CNC(O)CC[SiH3]. The van der Waals surface area contributed by atoms with Crippen LogP contribution in [-0.2, 0) is 9.59 Å².